The molecule has 1 amide bonds. The van der Waals surface area contributed by atoms with Crippen LogP contribution in [0.25, 0.3) is 0 Å². The fourth-order valence-corrected chi connectivity index (χ4v) is 4.36. The molecule has 1 heterocycles. The monoisotopic (exact) mass is 437 g/mol. The van der Waals surface area contributed by atoms with Crippen molar-refractivity contribution in [2.45, 2.75) is 44.6 Å². The lowest BCUT2D eigenvalue weighted by Gasteiger charge is -2.21. The number of carbonyl (C=O) groups excluding carboxylic acids is 1. The highest BCUT2D eigenvalue weighted by atomic mass is 32.2. The van der Waals surface area contributed by atoms with Crippen molar-refractivity contribution >= 4 is 21.6 Å². The Morgan fingerprint density at radius 1 is 1.00 bits per heavy atom. The summed E-state index contributed by atoms with van der Waals surface area (Å²) in [6.45, 7) is 8.21. The first kappa shape index (κ1) is 22.5. The van der Waals surface area contributed by atoms with Crippen LogP contribution < -0.4 is 10.0 Å². The van der Waals surface area contributed by atoms with Gasteiger partial charge in [-0.25, -0.2) is 8.42 Å². The van der Waals surface area contributed by atoms with Crippen LogP contribution in [-0.4, -0.2) is 19.3 Å². The van der Waals surface area contributed by atoms with E-state index in [9.17, 15) is 13.2 Å². The lowest BCUT2D eigenvalue weighted by atomic mass is 9.87. The Kier molecular flexibility index (Phi) is 6.45. The topological polar surface area (TPSA) is 88.2 Å². The van der Waals surface area contributed by atoms with E-state index in [4.69, 9.17) is 0 Å². The Labute approximate surface area is 183 Å². The number of aromatic nitrogens is 1. The van der Waals surface area contributed by atoms with Crippen LogP contribution in [0, 0.1) is 6.92 Å². The molecule has 2 aromatic carbocycles. The zero-order chi connectivity index (χ0) is 22.6. The van der Waals surface area contributed by atoms with Crippen molar-refractivity contribution in [3.05, 3.63) is 89.2 Å². The number of anilines is 1. The van der Waals surface area contributed by atoms with Gasteiger partial charge in [-0.05, 0) is 65.9 Å². The number of carbonyl (C=O) groups is 1. The molecule has 0 bridgehead atoms. The molecule has 2 N–H and O–H groups in total. The van der Waals surface area contributed by atoms with E-state index in [0.717, 1.165) is 11.3 Å². The zero-order valence-electron chi connectivity index (χ0n) is 18.1. The van der Waals surface area contributed by atoms with E-state index in [1.54, 1.807) is 43.5 Å². The van der Waals surface area contributed by atoms with Crippen LogP contribution in [0.1, 0.15) is 48.0 Å². The molecule has 6 nitrogen and oxygen atoms in total. The molecule has 0 saturated heterocycles. The van der Waals surface area contributed by atoms with Crippen LogP contribution in [0.15, 0.2) is 71.8 Å². The quantitative estimate of drug-likeness (QED) is 0.598. The average Bonchev–Trinajstić information content (AvgIpc) is 2.72. The van der Waals surface area contributed by atoms with Crippen LogP contribution in [0.4, 0.5) is 5.69 Å². The van der Waals surface area contributed by atoms with Gasteiger partial charge in [-0.3, -0.25) is 14.5 Å². The summed E-state index contributed by atoms with van der Waals surface area (Å²) in [4.78, 5) is 16.7. The smallest absolute Gasteiger partial charge is 0.262 e. The van der Waals surface area contributed by atoms with Crippen molar-refractivity contribution in [1.29, 1.82) is 0 Å². The first-order valence-electron chi connectivity index (χ1n) is 9.98. The molecule has 0 radical (unpaired) electrons. The SMILES string of the molecule is Cc1ccc(C(C)(C)C)cc1S(=O)(=O)Nc1ccc(C(=O)NCc2ccccn2)cc1. The second-order valence-electron chi connectivity index (χ2n) is 8.42. The van der Waals surface area contributed by atoms with Crippen LogP contribution in [0.2, 0.25) is 0 Å². The summed E-state index contributed by atoms with van der Waals surface area (Å²) in [5.41, 5.74) is 3.03. The van der Waals surface area contributed by atoms with Crippen molar-refractivity contribution in [1.82, 2.24) is 10.3 Å². The number of sulfonamides is 1. The summed E-state index contributed by atoms with van der Waals surface area (Å²) in [5.74, 6) is -0.256. The normalized spacial score (nSPS) is 11.7. The molecule has 0 aliphatic rings. The molecule has 3 aromatic rings. The van der Waals surface area contributed by atoms with Crippen molar-refractivity contribution in [2.75, 3.05) is 4.72 Å². The van der Waals surface area contributed by atoms with E-state index in [0.29, 0.717) is 23.4 Å². The van der Waals surface area contributed by atoms with E-state index < -0.39 is 10.0 Å². The summed E-state index contributed by atoms with van der Waals surface area (Å²) in [6, 6.07) is 17.3. The first-order chi connectivity index (χ1) is 14.6. The summed E-state index contributed by atoms with van der Waals surface area (Å²) in [7, 11) is -3.76. The van der Waals surface area contributed by atoms with Crippen LogP contribution in [0.3, 0.4) is 0 Å². The Balaban J connectivity index is 1.72. The van der Waals surface area contributed by atoms with Gasteiger partial charge in [-0.1, -0.05) is 39.0 Å². The standard InChI is InChI=1S/C24H27N3O3S/c1-17-8-11-19(24(2,3)4)15-22(17)31(29,30)27-20-12-9-18(10-13-20)23(28)26-16-21-7-5-6-14-25-21/h5-15,27H,16H2,1-4H3,(H,26,28). The van der Waals surface area contributed by atoms with Crippen LogP contribution in [-0.2, 0) is 22.0 Å². The molecule has 0 atom stereocenters. The van der Waals surface area contributed by atoms with Crippen molar-refractivity contribution < 1.29 is 13.2 Å². The first-order valence-corrected chi connectivity index (χ1v) is 11.5. The van der Waals surface area contributed by atoms with Crippen molar-refractivity contribution in [2.24, 2.45) is 0 Å². The maximum atomic E-state index is 13.0. The van der Waals surface area contributed by atoms with Gasteiger partial charge < -0.3 is 5.32 Å². The van der Waals surface area contributed by atoms with E-state index in [1.807, 2.05) is 51.1 Å². The molecule has 1 aromatic heterocycles. The third-order valence-electron chi connectivity index (χ3n) is 4.90. The maximum Gasteiger partial charge on any atom is 0.262 e. The minimum absolute atomic E-state index is 0.164. The van der Waals surface area contributed by atoms with E-state index >= 15 is 0 Å². The number of rotatable bonds is 6. The fourth-order valence-electron chi connectivity index (χ4n) is 3.03. The molecular weight excluding hydrogens is 410 g/mol. The molecule has 3 rings (SSSR count). The number of hydrogen-bond donors (Lipinski definition) is 2. The zero-order valence-corrected chi connectivity index (χ0v) is 19.0. The van der Waals surface area contributed by atoms with Gasteiger partial charge in [-0.2, -0.15) is 0 Å². The summed E-state index contributed by atoms with van der Waals surface area (Å²) in [5, 5.41) is 2.80. The molecule has 0 aliphatic heterocycles. The second kappa shape index (κ2) is 8.89. The predicted octanol–water partition coefficient (Wildman–Crippen LogP) is 4.42. The molecule has 0 unspecified atom stereocenters. The molecule has 0 spiro atoms. The van der Waals surface area contributed by atoms with Gasteiger partial charge in [-0.15, -0.1) is 0 Å². The maximum absolute atomic E-state index is 13.0. The minimum atomic E-state index is -3.76. The van der Waals surface area contributed by atoms with E-state index in [1.165, 1.54) is 0 Å². The van der Waals surface area contributed by atoms with Crippen molar-refractivity contribution in [3.63, 3.8) is 0 Å². The third-order valence-corrected chi connectivity index (χ3v) is 6.42. The molecule has 162 valence electrons. The largest absolute Gasteiger partial charge is 0.346 e. The highest BCUT2D eigenvalue weighted by molar-refractivity contribution is 7.92. The average molecular weight is 438 g/mol. The fraction of sp³-hybridized carbons (Fsp3) is 0.250. The van der Waals surface area contributed by atoms with E-state index in [2.05, 4.69) is 15.0 Å². The number of hydrogen-bond acceptors (Lipinski definition) is 4. The number of amides is 1. The molecule has 0 saturated carbocycles. The number of pyridine rings is 1. The van der Waals surface area contributed by atoms with Crippen molar-refractivity contribution in [3.8, 4) is 0 Å². The lowest BCUT2D eigenvalue weighted by molar-refractivity contribution is 0.0950. The number of benzene rings is 2. The van der Waals surface area contributed by atoms with Gasteiger partial charge in [0.2, 0.25) is 0 Å². The van der Waals surface area contributed by atoms with Gasteiger partial charge in [0.15, 0.2) is 0 Å². The minimum Gasteiger partial charge on any atom is -0.346 e. The Morgan fingerprint density at radius 2 is 1.71 bits per heavy atom. The molecule has 31 heavy (non-hydrogen) atoms. The summed E-state index contributed by atoms with van der Waals surface area (Å²) in [6.07, 6.45) is 1.67. The summed E-state index contributed by atoms with van der Waals surface area (Å²) >= 11 is 0. The number of nitrogens with one attached hydrogen (secondary N) is 2. The molecular formula is C24H27N3O3S. The highest BCUT2D eigenvalue weighted by Crippen LogP contribution is 2.27. The predicted molar refractivity (Wildman–Crippen MR) is 123 cm³/mol. The Bertz CT molecular complexity index is 1170. The lowest BCUT2D eigenvalue weighted by Crippen LogP contribution is -2.23. The van der Waals surface area contributed by atoms with Gasteiger partial charge in [0.1, 0.15) is 0 Å². The molecule has 7 heteroatoms. The molecule has 0 aliphatic carbocycles. The van der Waals surface area contributed by atoms with E-state index in [-0.39, 0.29) is 16.2 Å². The van der Waals surface area contributed by atoms with Gasteiger partial charge in [0.25, 0.3) is 15.9 Å². The number of nitrogens with zero attached hydrogens (tertiary/aromatic N) is 1. The summed E-state index contributed by atoms with van der Waals surface area (Å²) < 4.78 is 28.6. The van der Waals surface area contributed by atoms with Gasteiger partial charge >= 0.3 is 0 Å². The third kappa shape index (κ3) is 5.70. The molecule has 0 fully saturated rings. The second-order valence-corrected chi connectivity index (χ2v) is 10.1. The Morgan fingerprint density at radius 3 is 2.32 bits per heavy atom. The van der Waals surface area contributed by atoms with Gasteiger partial charge in [0, 0.05) is 17.4 Å². The number of aryl methyl sites for hydroxylation is 1. The highest BCUT2D eigenvalue weighted by Gasteiger charge is 2.21. The van der Waals surface area contributed by atoms with Gasteiger partial charge in [0.05, 0.1) is 17.1 Å². The Hall–Kier alpha value is -3.19. The van der Waals surface area contributed by atoms with Crippen LogP contribution in [0.5, 0.6) is 0 Å². The van der Waals surface area contributed by atoms with Crippen LogP contribution >= 0.6 is 0 Å².